The summed E-state index contributed by atoms with van der Waals surface area (Å²) in [4.78, 5) is 3.90. The molecule has 2 heterocycles. The zero-order valence-electron chi connectivity index (χ0n) is 12.1. The summed E-state index contributed by atoms with van der Waals surface area (Å²) in [7, 11) is -5.12. The third kappa shape index (κ3) is 3.75. The Bertz CT molecular complexity index is 836. The molecule has 0 radical (unpaired) electrons. The van der Waals surface area contributed by atoms with Gasteiger partial charge < -0.3 is 9.30 Å². The largest absolute Gasteiger partial charge is 0.428 e. The van der Waals surface area contributed by atoms with Gasteiger partial charge in [-0.15, -0.1) is 0 Å². The zero-order valence-corrected chi connectivity index (χ0v) is 16.1. The molecule has 0 saturated heterocycles. The van der Waals surface area contributed by atoms with E-state index in [1.807, 2.05) is 0 Å². The lowest BCUT2D eigenvalue weighted by molar-refractivity contribution is 0.0829. The van der Waals surface area contributed by atoms with Crippen LogP contribution in [0.3, 0.4) is 0 Å². The zero-order chi connectivity index (χ0) is 18.1. The third-order valence-electron chi connectivity index (χ3n) is 3.02. The summed E-state index contributed by atoms with van der Waals surface area (Å²) in [6.45, 7) is 1.68. The van der Waals surface area contributed by atoms with Gasteiger partial charge >= 0.3 is 4.71 Å². The van der Waals surface area contributed by atoms with Crippen LogP contribution >= 0.6 is 39.1 Å². The van der Waals surface area contributed by atoms with Crippen LogP contribution in [0.1, 0.15) is 6.92 Å². The van der Waals surface area contributed by atoms with E-state index in [9.17, 15) is 17.2 Å². The Morgan fingerprint density at radius 3 is 2.58 bits per heavy atom. The first-order chi connectivity index (χ1) is 11.1. The predicted octanol–water partition coefficient (Wildman–Crippen LogP) is 4.52. The van der Waals surface area contributed by atoms with E-state index in [0.717, 1.165) is 10.6 Å². The van der Waals surface area contributed by atoms with E-state index in [0.29, 0.717) is 11.3 Å². The molecule has 0 aromatic carbocycles. The summed E-state index contributed by atoms with van der Waals surface area (Å²) in [6, 6.07) is 4.12. The van der Waals surface area contributed by atoms with Gasteiger partial charge in [-0.05, 0) is 52.7 Å². The number of alkyl halides is 3. The number of pyridine rings is 1. The van der Waals surface area contributed by atoms with Crippen molar-refractivity contribution in [3.05, 3.63) is 34.0 Å². The third-order valence-corrected chi connectivity index (χ3v) is 5.95. The van der Waals surface area contributed by atoms with E-state index in [2.05, 4.69) is 20.9 Å². The lowest BCUT2D eigenvalue weighted by atomic mass is 10.2. The van der Waals surface area contributed by atoms with Crippen molar-refractivity contribution in [2.45, 2.75) is 23.4 Å². The van der Waals surface area contributed by atoms with Crippen LogP contribution in [0.2, 0.25) is 5.15 Å². The molecule has 0 spiro atoms. The Hall–Kier alpha value is -0.740. The highest BCUT2D eigenvalue weighted by molar-refractivity contribution is 9.10. The van der Waals surface area contributed by atoms with E-state index < -0.39 is 19.6 Å². The van der Waals surface area contributed by atoms with E-state index in [-0.39, 0.29) is 23.0 Å². The van der Waals surface area contributed by atoms with Crippen molar-refractivity contribution in [1.82, 2.24) is 9.55 Å². The number of ether oxygens (including phenoxy) is 1. The Morgan fingerprint density at radius 2 is 2.08 bits per heavy atom. The SMILES string of the molecule is CCOCn1c(S(=O)(=O)C(F)(F)Cl)cc(Br)c1-c1ccc(Cl)nc1. The van der Waals surface area contributed by atoms with Crippen LogP contribution in [0.15, 0.2) is 33.9 Å². The van der Waals surface area contributed by atoms with Crippen LogP contribution in [0.4, 0.5) is 8.78 Å². The van der Waals surface area contributed by atoms with Crippen LogP contribution in [-0.4, -0.2) is 29.3 Å². The molecule has 132 valence electrons. The van der Waals surface area contributed by atoms with E-state index in [1.165, 1.54) is 12.3 Å². The lowest BCUT2D eigenvalue weighted by Gasteiger charge is -2.15. The van der Waals surface area contributed by atoms with Crippen molar-refractivity contribution in [2.24, 2.45) is 0 Å². The Morgan fingerprint density at radius 1 is 1.42 bits per heavy atom. The summed E-state index contributed by atoms with van der Waals surface area (Å²) in [5, 5.41) is -0.439. The van der Waals surface area contributed by atoms with Crippen molar-refractivity contribution >= 4 is 49.0 Å². The fourth-order valence-corrected chi connectivity index (χ4v) is 4.06. The standard InChI is InChI=1S/C13H11BrCl2F2N2O3S/c1-2-23-7-20-11(24(21,22)13(16,17)18)5-9(14)12(20)8-3-4-10(15)19-6-8/h3-6H,2,7H2,1H3. The summed E-state index contributed by atoms with van der Waals surface area (Å²) >= 11 is 13.7. The summed E-state index contributed by atoms with van der Waals surface area (Å²) < 4.78 is 53.0. The topological polar surface area (TPSA) is 61.2 Å². The van der Waals surface area contributed by atoms with Gasteiger partial charge in [0.25, 0.3) is 9.84 Å². The first kappa shape index (κ1) is 19.6. The molecule has 0 bridgehead atoms. The molecular formula is C13H11BrCl2F2N2O3S. The van der Waals surface area contributed by atoms with Crippen molar-refractivity contribution in [3.63, 3.8) is 0 Å². The maximum atomic E-state index is 13.4. The Balaban J connectivity index is 2.70. The van der Waals surface area contributed by atoms with Gasteiger partial charge in [0.1, 0.15) is 16.9 Å². The van der Waals surface area contributed by atoms with Gasteiger partial charge in [-0.3, -0.25) is 0 Å². The molecule has 0 N–H and O–H groups in total. The highest BCUT2D eigenvalue weighted by Gasteiger charge is 2.46. The van der Waals surface area contributed by atoms with Crippen molar-refractivity contribution in [1.29, 1.82) is 0 Å². The van der Waals surface area contributed by atoms with Crippen LogP contribution in [0.25, 0.3) is 11.3 Å². The Labute approximate surface area is 155 Å². The number of halogens is 5. The smallest absolute Gasteiger partial charge is 0.361 e. The molecule has 0 amide bonds. The second-order valence-electron chi connectivity index (χ2n) is 4.55. The van der Waals surface area contributed by atoms with Gasteiger partial charge in [-0.2, -0.15) is 8.78 Å². The van der Waals surface area contributed by atoms with E-state index in [1.54, 1.807) is 13.0 Å². The molecule has 24 heavy (non-hydrogen) atoms. The van der Waals surface area contributed by atoms with Gasteiger partial charge in [0, 0.05) is 22.8 Å². The monoisotopic (exact) mass is 462 g/mol. The molecule has 0 aliphatic carbocycles. The molecular weight excluding hydrogens is 453 g/mol. The fourth-order valence-electron chi connectivity index (χ4n) is 1.96. The minimum absolute atomic E-state index is 0.234. The van der Waals surface area contributed by atoms with Crippen LogP contribution < -0.4 is 0 Å². The quantitative estimate of drug-likeness (QED) is 0.466. The normalized spacial score (nSPS) is 12.6. The maximum absolute atomic E-state index is 13.4. The summed E-state index contributed by atoms with van der Waals surface area (Å²) in [6.07, 6.45) is 1.39. The molecule has 0 fully saturated rings. The van der Waals surface area contributed by atoms with E-state index >= 15 is 0 Å². The average Bonchev–Trinajstić information content (AvgIpc) is 2.82. The Kier molecular flexibility index (Phi) is 5.91. The average molecular weight is 464 g/mol. The van der Waals surface area contributed by atoms with Crippen molar-refractivity contribution in [3.8, 4) is 11.3 Å². The molecule has 11 heteroatoms. The number of hydrogen-bond acceptors (Lipinski definition) is 4. The first-order valence-electron chi connectivity index (χ1n) is 6.49. The molecule has 0 unspecified atom stereocenters. The van der Waals surface area contributed by atoms with Gasteiger partial charge in [0.2, 0.25) is 0 Å². The molecule has 0 aliphatic heterocycles. The highest BCUT2D eigenvalue weighted by Crippen LogP contribution is 2.39. The van der Waals surface area contributed by atoms with Crippen LogP contribution in [0.5, 0.6) is 0 Å². The molecule has 0 saturated carbocycles. The number of rotatable bonds is 6. The minimum atomic E-state index is -5.12. The minimum Gasteiger partial charge on any atom is -0.361 e. The molecule has 2 aromatic heterocycles. The molecule has 5 nitrogen and oxygen atoms in total. The van der Waals surface area contributed by atoms with E-state index in [4.69, 9.17) is 27.9 Å². The second-order valence-corrected chi connectivity index (χ2v) is 8.43. The van der Waals surface area contributed by atoms with Gasteiger partial charge in [0.15, 0.2) is 0 Å². The second kappa shape index (κ2) is 7.25. The number of sulfone groups is 1. The van der Waals surface area contributed by atoms with Crippen molar-refractivity contribution in [2.75, 3.05) is 6.61 Å². The molecule has 0 aliphatic rings. The number of aromatic nitrogens is 2. The van der Waals surface area contributed by atoms with Gasteiger partial charge in [0.05, 0.1) is 5.69 Å². The summed E-state index contributed by atoms with van der Waals surface area (Å²) in [5.41, 5.74) is 0.762. The van der Waals surface area contributed by atoms with Crippen LogP contribution in [-0.2, 0) is 21.3 Å². The predicted molar refractivity (Wildman–Crippen MR) is 90.0 cm³/mol. The summed E-state index contributed by atoms with van der Waals surface area (Å²) in [5.74, 6) is 0. The van der Waals surface area contributed by atoms with Gasteiger partial charge in [-0.25, -0.2) is 13.4 Å². The lowest BCUT2D eigenvalue weighted by Crippen LogP contribution is -2.25. The maximum Gasteiger partial charge on any atom is 0.428 e. The molecule has 2 rings (SSSR count). The van der Waals surface area contributed by atoms with Crippen LogP contribution in [0, 0.1) is 0 Å². The molecule has 0 atom stereocenters. The highest BCUT2D eigenvalue weighted by atomic mass is 79.9. The van der Waals surface area contributed by atoms with Gasteiger partial charge in [-0.1, -0.05) is 11.6 Å². The number of hydrogen-bond donors (Lipinski definition) is 0. The first-order valence-corrected chi connectivity index (χ1v) is 9.52. The molecule has 2 aromatic rings. The number of nitrogens with zero attached hydrogens (tertiary/aromatic N) is 2. The fraction of sp³-hybridized carbons (Fsp3) is 0.308. The van der Waals surface area contributed by atoms with Crippen molar-refractivity contribution < 1.29 is 21.9 Å².